The summed E-state index contributed by atoms with van der Waals surface area (Å²) in [5.74, 6) is -11.4. The molecular formula is C19H11ClF5NO2S. The number of carbonyl (C=O) groups is 1. The minimum atomic E-state index is -2.30. The first-order valence-electron chi connectivity index (χ1n) is 7.98. The van der Waals surface area contributed by atoms with Crippen LogP contribution in [0.25, 0.3) is 0 Å². The number of hydrogen-bond acceptors (Lipinski definition) is 3. The Labute approximate surface area is 170 Å². The van der Waals surface area contributed by atoms with E-state index < -0.39 is 40.7 Å². The quantitative estimate of drug-likeness (QED) is 0.286. The first-order chi connectivity index (χ1) is 13.7. The van der Waals surface area contributed by atoms with Gasteiger partial charge in [0.2, 0.25) is 5.82 Å². The fourth-order valence-corrected chi connectivity index (χ4v) is 3.31. The highest BCUT2D eigenvalue weighted by Gasteiger charge is 2.27. The van der Waals surface area contributed by atoms with E-state index in [1.165, 1.54) is 6.07 Å². The van der Waals surface area contributed by atoms with Crippen molar-refractivity contribution in [3.8, 4) is 5.75 Å². The number of anilines is 1. The molecule has 3 aromatic rings. The molecule has 0 bridgehead atoms. The van der Waals surface area contributed by atoms with Gasteiger partial charge in [-0.15, -0.1) is 11.3 Å². The molecule has 0 unspecified atom stereocenters. The molecule has 0 fully saturated rings. The van der Waals surface area contributed by atoms with Crippen molar-refractivity contribution in [2.24, 2.45) is 0 Å². The fraction of sp³-hybridized carbons (Fsp3) is 0.105. The molecule has 0 atom stereocenters. The highest BCUT2D eigenvalue weighted by atomic mass is 35.5. The van der Waals surface area contributed by atoms with Crippen LogP contribution in [0.2, 0.25) is 5.02 Å². The fourth-order valence-electron chi connectivity index (χ4n) is 2.34. The van der Waals surface area contributed by atoms with E-state index in [2.05, 4.69) is 0 Å². The number of ether oxygens (including phenoxy) is 1. The summed E-state index contributed by atoms with van der Waals surface area (Å²) in [6.45, 7) is 1.91. The molecule has 1 amide bonds. The number of nitrogens with one attached hydrogen (secondary N) is 1. The van der Waals surface area contributed by atoms with Gasteiger partial charge in [0.15, 0.2) is 23.3 Å². The van der Waals surface area contributed by atoms with Crippen LogP contribution in [0.5, 0.6) is 5.75 Å². The Kier molecular flexibility index (Phi) is 6.09. The van der Waals surface area contributed by atoms with Crippen molar-refractivity contribution in [2.45, 2.75) is 13.5 Å². The molecule has 1 heterocycles. The number of rotatable bonds is 5. The molecule has 152 valence electrons. The molecule has 1 aromatic heterocycles. The normalized spacial score (nSPS) is 10.9. The first kappa shape index (κ1) is 21.1. The Balaban J connectivity index is 1.74. The van der Waals surface area contributed by atoms with Gasteiger partial charge in [0.1, 0.15) is 18.0 Å². The SMILES string of the molecule is Cc1ccc(Cl)c(OCc2csc(C(=O)Nc3c(F)c(F)c(F)c(F)c3F)c2)c1. The van der Waals surface area contributed by atoms with E-state index in [1.807, 2.05) is 13.0 Å². The highest BCUT2D eigenvalue weighted by Crippen LogP contribution is 2.29. The average Bonchev–Trinajstić information content (AvgIpc) is 3.18. The molecular weight excluding hydrogens is 437 g/mol. The van der Waals surface area contributed by atoms with Gasteiger partial charge in [0.05, 0.1) is 9.90 Å². The number of carbonyl (C=O) groups excluding carboxylic acids is 1. The summed E-state index contributed by atoms with van der Waals surface area (Å²) in [5, 5.41) is 3.67. The van der Waals surface area contributed by atoms with Crippen LogP contribution in [0.1, 0.15) is 20.8 Å². The first-order valence-corrected chi connectivity index (χ1v) is 9.24. The molecule has 0 saturated heterocycles. The summed E-state index contributed by atoms with van der Waals surface area (Å²) >= 11 is 6.94. The standard InChI is InChI=1S/C19H11ClF5NO2S/c1-8-2-3-10(20)11(4-8)28-6-9-5-12(29-7-9)19(27)26-18-16(24)14(22)13(21)15(23)17(18)25/h2-5,7H,6H2,1H3,(H,26,27). The van der Waals surface area contributed by atoms with Crippen LogP contribution < -0.4 is 10.1 Å². The predicted octanol–water partition coefficient (Wildman–Crippen LogP) is 6.24. The highest BCUT2D eigenvalue weighted by molar-refractivity contribution is 7.12. The van der Waals surface area contributed by atoms with Crippen molar-refractivity contribution in [1.29, 1.82) is 0 Å². The summed E-state index contributed by atoms with van der Waals surface area (Å²) in [7, 11) is 0. The van der Waals surface area contributed by atoms with E-state index in [9.17, 15) is 26.7 Å². The lowest BCUT2D eigenvalue weighted by atomic mass is 10.2. The summed E-state index contributed by atoms with van der Waals surface area (Å²) in [6.07, 6.45) is 0. The van der Waals surface area contributed by atoms with Crippen LogP contribution in [0.15, 0.2) is 29.6 Å². The number of amides is 1. The Hall–Kier alpha value is -2.65. The Bertz CT molecular complexity index is 1070. The molecule has 29 heavy (non-hydrogen) atoms. The van der Waals surface area contributed by atoms with E-state index >= 15 is 0 Å². The maximum absolute atomic E-state index is 13.7. The van der Waals surface area contributed by atoms with Gasteiger partial charge < -0.3 is 10.1 Å². The maximum Gasteiger partial charge on any atom is 0.265 e. The predicted molar refractivity (Wildman–Crippen MR) is 99.0 cm³/mol. The third-order valence-corrected chi connectivity index (χ3v) is 5.10. The van der Waals surface area contributed by atoms with Gasteiger partial charge >= 0.3 is 0 Å². The summed E-state index contributed by atoms with van der Waals surface area (Å²) in [4.78, 5) is 12.2. The van der Waals surface area contributed by atoms with Gasteiger partial charge in [-0.25, -0.2) is 22.0 Å². The van der Waals surface area contributed by atoms with E-state index in [1.54, 1.807) is 22.8 Å². The zero-order valence-electron chi connectivity index (χ0n) is 14.6. The molecule has 0 aliphatic heterocycles. The molecule has 0 saturated carbocycles. The lowest BCUT2D eigenvalue weighted by Crippen LogP contribution is -2.16. The van der Waals surface area contributed by atoms with Crippen molar-refractivity contribution in [2.75, 3.05) is 5.32 Å². The number of hydrogen-bond donors (Lipinski definition) is 1. The molecule has 3 rings (SSSR count). The average molecular weight is 448 g/mol. The van der Waals surface area contributed by atoms with Crippen LogP contribution in [-0.2, 0) is 6.61 Å². The lowest BCUT2D eigenvalue weighted by Gasteiger charge is -2.09. The second-order valence-corrected chi connectivity index (χ2v) is 7.26. The van der Waals surface area contributed by atoms with E-state index in [0.29, 0.717) is 16.3 Å². The van der Waals surface area contributed by atoms with Crippen LogP contribution in [0.3, 0.4) is 0 Å². The van der Waals surface area contributed by atoms with Gasteiger partial charge in [-0.2, -0.15) is 0 Å². The number of thiophene rings is 1. The lowest BCUT2D eigenvalue weighted by molar-refractivity contribution is 0.102. The van der Waals surface area contributed by atoms with Crippen molar-refractivity contribution in [1.82, 2.24) is 0 Å². The van der Waals surface area contributed by atoms with Gasteiger partial charge in [-0.3, -0.25) is 4.79 Å². The zero-order chi connectivity index (χ0) is 21.3. The number of benzene rings is 2. The summed E-state index contributed by atoms with van der Waals surface area (Å²) < 4.78 is 72.5. The number of halogens is 6. The zero-order valence-corrected chi connectivity index (χ0v) is 16.2. The van der Waals surface area contributed by atoms with Crippen LogP contribution in [0, 0.1) is 36.0 Å². The Morgan fingerprint density at radius 3 is 2.31 bits per heavy atom. The van der Waals surface area contributed by atoms with E-state index in [0.717, 1.165) is 16.9 Å². The van der Waals surface area contributed by atoms with Crippen molar-refractivity contribution >= 4 is 34.5 Å². The Morgan fingerprint density at radius 2 is 1.66 bits per heavy atom. The largest absolute Gasteiger partial charge is 0.487 e. The van der Waals surface area contributed by atoms with Crippen LogP contribution in [-0.4, -0.2) is 5.91 Å². The van der Waals surface area contributed by atoms with Crippen molar-refractivity contribution in [3.63, 3.8) is 0 Å². The summed E-state index contributed by atoms with van der Waals surface area (Å²) in [5.41, 5.74) is 0.0666. The smallest absolute Gasteiger partial charge is 0.265 e. The second-order valence-electron chi connectivity index (χ2n) is 5.94. The van der Waals surface area contributed by atoms with E-state index in [-0.39, 0.29) is 11.5 Å². The monoisotopic (exact) mass is 447 g/mol. The molecule has 0 spiro atoms. The third kappa shape index (κ3) is 4.35. The van der Waals surface area contributed by atoms with Gasteiger partial charge in [0.25, 0.3) is 5.91 Å². The molecule has 0 aliphatic rings. The molecule has 2 aromatic carbocycles. The molecule has 3 nitrogen and oxygen atoms in total. The van der Waals surface area contributed by atoms with Crippen molar-refractivity contribution in [3.05, 3.63) is 79.8 Å². The van der Waals surface area contributed by atoms with E-state index in [4.69, 9.17) is 16.3 Å². The topological polar surface area (TPSA) is 38.3 Å². The van der Waals surface area contributed by atoms with Gasteiger partial charge in [0, 0.05) is 5.56 Å². The minimum absolute atomic E-state index is 0.0112. The molecule has 0 radical (unpaired) electrons. The molecule has 1 N–H and O–H groups in total. The number of aryl methyl sites for hydroxylation is 1. The van der Waals surface area contributed by atoms with Gasteiger partial charge in [-0.1, -0.05) is 17.7 Å². The van der Waals surface area contributed by atoms with Gasteiger partial charge in [-0.05, 0) is 36.1 Å². The van der Waals surface area contributed by atoms with Crippen LogP contribution in [0.4, 0.5) is 27.6 Å². The maximum atomic E-state index is 13.7. The van der Waals surface area contributed by atoms with Crippen LogP contribution >= 0.6 is 22.9 Å². The third-order valence-electron chi connectivity index (χ3n) is 3.81. The molecule has 0 aliphatic carbocycles. The second kappa shape index (κ2) is 8.38. The Morgan fingerprint density at radius 1 is 1.03 bits per heavy atom. The summed E-state index contributed by atoms with van der Waals surface area (Å²) in [6, 6.07) is 6.58. The van der Waals surface area contributed by atoms with Crippen molar-refractivity contribution < 1.29 is 31.5 Å². The molecule has 10 heteroatoms. The minimum Gasteiger partial charge on any atom is -0.487 e.